The highest BCUT2D eigenvalue weighted by Crippen LogP contribution is 2.00. The highest BCUT2D eigenvalue weighted by Gasteiger charge is 2.01. The zero-order valence-electron chi connectivity index (χ0n) is 10.7. The Hall–Kier alpha value is -0.120. The van der Waals surface area contributed by atoms with Gasteiger partial charge in [-0.2, -0.15) is 0 Å². The third-order valence-corrected chi connectivity index (χ3v) is 2.12. The van der Waals surface area contributed by atoms with Gasteiger partial charge >= 0.3 is 0 Å². The van der Waals surface area contributed by atoms with Crippen molar-refractivity contribution in [1.82, 2.24) is 5.32 Å². The number of hydrogen-bond donors (Lipinski definition) is 1. The lowest BCUT2D eigenvalue weighted by molar-refractivity contribution is 0.00292. The molecule has 0 saturated heterocycles. The van der Waals surface area contributed by atoms with Crippen LogP contribution in [0.15, 0.2) is 0 Å². The molecule has 0 aromatic heterocycles. The molecule has 0 heterocycles. The second kappa shape index (κ2) is 10.4. The second-order valence-corrected chi connectivity index (χ2v) is 4.40. The van der Waals surface area contributed by atoms with Crippen molar-refractivity contribution in [3.05, 3.63) is 0 Å². The quantitative estimate of drug-likeness (QED) is 0.568. The molecule has 1 unspecified atom stereocenters. The number of rotatable bonds is 10. The molecular weight excluding hydrogens is 190 g/mol. The minimum atomic E-state index is 0.348. The maximum atomic E-state index is 5.62. The highest BCUT2D eigenvalue weighted by molar-refractivity contribution is 4.52. The molecule has 15 heavy (non-hydrogen) atoms. The minimum Gasteiger partial charge on any atom is -0.379 e. The van der Waals surface area contributed by atoms with E-state index in [9.17, 15) is 0 Å². The molecule has 0 bridgehead atoms. The molecule has 0 aliphatic carbocycles. The van der Waals surface area contributed by atoms with Crippen molar-refractivity contribution in [2.75, 3.05) is 33.4 Å². The van der Waals surface area contributed by atoms with Gasteiger partial charge in [-0.25, -0.2) is 0 Å². The summed E-state index contributed by atoms with van der Waals surface area (Å²) in [6.07, 6.45) is 2.64. The van der Waals surface area contributed by atoms with E-state index >= 15 is 0 Å². The van der Waals surface area contributed by atoms with Crippen LogP contribution in [0.1, 0.15) is 33.6 Å². The molecule has 92 valence electrons. The fourth-order valence-corrected chi connectivity index (χ4v) is 1.28. The molecule has 0 amide bonds. The van der Waals surface area contributed by atoms with E-state index in [-0.39, 0.29) is 0 Å². The highest BCUT2D eigenvalue weighted by atomic mass is 16.5. The van der Waals surface area contributed by atoms with Gasteiger partial charge in [0.25, 0.3) is 0 Å². The van der Waals surface area contributed by atoms with Crippen LogP contribution in [-0.4, -0.2) is 39.5 Å². The molecule has 1 atom stereocenters. The Bertz CT molecular complexity index is 129. The summed E-state index contributed by atoms with van der Waals surface area (Å²) in [5.74, 6) is 0.609. The molecule has 0 aromatic carbocycles. The average Bonchev–Trinajstić information content (AvgIpc) is 2.17. The first-order valence-electron chi connectivity index (χ1n) is 6.00. The SMILES string of the molecule is CNCCCC(C)OCCOCC(C)C. The summed E-state index contributed by atoms with van der Waals surface area (Å²) in [4.78, 5) is 0. The van der Waals surface area contributed by atoms with Gasteiger partial charge in [0, 0.05) is 6.61 Å². The Kier molecular flexibility index (Phi) is 10.3. The van der Waals surface area contributed by atoms with Gasteiger partial charge in [0.15, 0.2) is 0 Å². The molecule has 0 rings (SSSR count). The fourth-order valence-electron chi connectivity index (χ4n) is 1.28. The molecule has 0 aliphatic heterocycles. The van der Waals surface area contributed by atoms with E-state index in [4.69, 9.17) is 9.47 Å². The topological polar surface area (TPSA) is 30.5 Å². The first-order chi connectivity index (χ1) is 7.16. The summed E-state index contributed by atoms with van der Waals surface area (Å²) in [5.41, 5.74) is 0. The van der Waals surface area contributed by atoms with E-state index < -0.39 is 0 Å². The largest absolute Gasteiger partial charge is 0.379 e. The van der Waals surface area contributed by atoms with Crippen LogP contribution < -0.4 is 5.32 Å². The summed E-state index contributed by atoms with van der Waals surface area (Å²) in [6.45, 7) is 9.76. The Morgan fingerprint density at radius 2 is 1.87 bits per heavy atom. The van der Waals surface area contributed by atoms with Gasteiger partial charge in [-0.15, -0.1) is 0 Å². The maximum absolute atomic E-state index is 5.62. The van der Waals surface area contributed by atoms with Crippen LogP contribution >= 0.6 is 0 Å². The molecule has 3 heteroatoms. The monoisotopic (exact) mass is 217 g/mol. The van der Waals surface area contributed by atoms with Crippen LogP contribution in [0.2, 0.25) is 0 Å². The molecule has 0 fully saturated rings. The summed E-state index contributed by atoms with van der Waals surface area (Å²) in [5, 5.41) is 3.13. The van der Waals surface area contributed by atoms with Crippen molar-refractivity contribution in [1.29, 1.82) is 0 Å². The van der Waals surface area contributed by atoms with Crippen molar-refractivity contribution in [2.45, 2.75) is 39.7 Å². The molecular formula is C12H27NO2. The van der Waals surface area contributed by atoms with Crippen molar-refractivity contribution in [3.8, 4) is 0 Å². The lowest BCUT2D eigenvalue weighted by Gasteiger charge is -2.13. The first-order valence-corrected chi connectivity index (χ1v) is 6.00. The molecule has 1 N–H and O–H groups in total. The van der Waals surface area contributed by atoms with E-state index in [0.717, 1.165) is 19.6 Å². The van der Waals surface area contributed by atoms with Crippen molar-refractivity contribution in [3.63, 3.8) is 0 Å². The summed E-state index contributed by atoms with van der Waals surface area (Å²) >= 11 is 0. The lowest BCUT2D eigenvalue weighted by atomic mass is 10.2. The van der Waals surface area contributed by atoms with E-state index in [1.54, 1.807) is 0 Å². The van der Waals surface area contributed by atoms with Crippen LogP contribution in [0.3, 0.4) is 0 Å². The normalized spacial score (nSPS) is 13.4. The van der Waals surface area contributed by atoms with Gasteiger partial charge in [0.2, 0.25) is 0 Å². The Balaban J connectivity index is 3.13. The van der Waals surface area contributed by atoms with E-state index in [1.165, 1.54) is 6.42 Å². The lowest BCUT2D eigenvalue weighted by Crippen LogP contribution is -2.16. The first kappa shape index (κ1) is 14.9. The third kappa shape index (κ3) is 11.8. The molecule has 0 aliphatic rings. The smallest absolute Gasteiger partial charge is 0.0704 e. The van der Waals surface area contributed by atoms with Crippen molar-refractivity contribution in [2.24, 2.45) is 5.92 Å². The van der Waals surface area contributed by atoms with Crippen LogP contribution in [0.4, 0.5) is 0 Å². The van der Waals surface area contributed by atoms with Gasteiger partial charge in [-0.05, 0) is 39.3 Å². The van der Waals surface area contributed by atoms with Crippen LogP contribution in [0, 0.1) is 5.92 Å². The zero-order chi connectivity index (χ0) is 11.5. The molecule has 0 saturated carbocycles. The predicted octanol–water partition coefficient (Wildman–Crippen LogP) is 2.06. The van der Waals surface area contributed by atoms with E-state index in [2.05, 4.69) is 26.1 Å². The van der Waals surface area contributed by atoms with Crippen molar-refractivity contribution < 1.29 is 9.47 Å². The third-order valence-electron chi connectivity index (χ3n) is 2.12. The summed E-state index contributed by atoms with van der Waals surface area (Å²) in [7, 11) is 1.98. The molecule has 0 radical (unpaired) electrons. The standard InChI is InChI=1S/C12H27NO2/c1-11(2)10-14-8-9-15-12(3)6-5-7-13-4/h11-13H,5-10H2,1-4H3. The molecule has 0 spiro atoms. The van der Waals surface area contributed by atoms with Crippen LogP contribution in [0.5, 0.6) is 0 Å². The van der Waals surface area contributed by atoms with Gasteiger partial charge < -0.3 is 14.8 Å². The maximum Gasteiger partial charge on any atom is 0.0704 e. The predicted molar refractivity (Wildman–Crippen MR) is 64.2 cm³/mol. The Morgan fingerprint density at radius 3 is 2.47 bits per heavy atom. The van der Waals surface area contributed by atoms with Gasteiger partial charge in [0.1, 0.15) is 0 Å². The fraction of sp³-hybridized carbons (Fsp3) is 1.00. The summed E-state index contributed by atoms with van der Waals surface area (Å²) in [6, 6.07) is 0. The van der Waals surface area contributed by atoms with Crippen molar-refractivity contribution >= 4 is 0 Å². The average molecular weight is 217 g/mol. The minimum absolute atomic E-state index is 0.348. The number of nitrogens with one attached hydrogen (secondary N) is 1. The van der Waals surface area contributed by atoms with Gasteiger partial charge in [-0.1, -0.05) is 13.8 Å². The zero-order valence-corrected chi connectivity index (χ0v) is 10.7. The second-order valence-electron chi connectivity index (χ2n) is 4.40. The van der Waals surface area contributed by atoms with Gasteiger partial charge in [-0.3, -0.25) is 0 Å². The molecule has 0 aromatic rings. The Labute approximate surface area is 94.5 Å². The number of ether oxygens (including phenoxy) is 2. The number of hydrogen-bond acceptors (Lipinski definition) is 3. The van der Waals surface area contributed by atoms with E-state index in [1.807, 2.05) is 7.05 Å². The van der Waals surface area contributed by atoms with Crippen LogP contribution in [-0.2, 0) is 9.47 Å². The van der Waals surface area contributed by atoms with E-state index in [0.29, 0.717) is 25.2 Å². The van der Waals surface area contributed by atoms with Crippen LogP contribution in [0.25, 0.3) is 0 Å². The van der Waals surface area contributed by atoms with Gasteiger partial charge in [0.05, 0.1) is 19.3 Å². The Morgan fingerprint density at radius 1 is 1.13 bits per heavy atom. The summed E-state index contributed by atoms with van der Waals surface area (Å²) < 4.78 is 11.1. The molecule has 3 nitrogen and oxygen atoms in total.